The summed E-state index contributed by atoms with van der Waals surface area (Å²) in [7, 11) is -3.23. The Morgan fingerprint density at radius 2 is 1.84 bits per heavy atom. The van der Waals surface area contributed by atoms with E-state index in [2.05, 4.69) is 30.5 Å². The highest BCUT2D eigenvalue weighted by Crippen LogP contribution is 2.34. The molecule has 0 fully saturated rings. The minimum absolute atomic E-state index is 0.108. The van der Waals surface area contributed by atoms with E-state index in [-0.39, 0.29) is 23.6 Å². The van der Waals surface area contributed by atoms with Gasteiger partial charge in [0.2, 0.25) is 5.91 Å². The molecule has 1 amide bonds. The second kappa shape index (κ2) is 11.6. The number of fused-ring (bicyclic) bond motifs is 2. The summed E-state index contributed by atoms with van der Waals surface area (Å²) in [5.41, 5.74) is 4.53. The van der Waals surface area contributed by atoms with Gasteiger partial charge < -0.3 is 10.3 Å². The number of H-pyrrole nitrogens is 2. The summed E-state index contributed by atoms with van der Waals surface area (Å²) in [4.78, 5) is 28.7. The van der Waals surface area contributed by atoms with Crippen molar-refractivity contribution in [3.63, 3.8) is 0 Å². The number of nitrogens with zero attached hydrogens (tertiary/aromatic N) is 4. The number of anilines is 1. The number of aryl methyl sites for hydroxylation is 1. The molecular weight excluding hydrogens is 588 g/mol. The van der Waals surface area contributed by atoms with Gasteiger partial charge in [-0.1, -0.05) is 6.92 Å². The Hall–Kier alpha value is -5.04. The van der Waals surface area contributed by atoms with E-state index in [0.717, 1.165) is 6.26 Å². The van der Waals surface area contributed by atoms with Crippen LogP contribution in [-0.2, 0) is 21.1 Å². The number of rotatable bonds is 9. The third kappa shape index (κ3) is 6.04. The van der Waals surface area contributed by atoms with Crippen LogP contribution in [0.1, 0.15) is 25.3 Å². The number of pyridine rings is 2. The number of aromatic amines is 2. The number of amides is 1. The first kappa shape index (κ1) is 29.1. The second-order valence-electron chi connectivity index (χ2n) is 10.6. The number of carbonyl (C=O) groups excluding carboxylic acids is 1. The van der Waals surface area contributed by atoms with Gasteiger partial charge in [-0.15, -0.1) is 0 Å². The number of halogens is 2. The molecule has 0 saturated heterocycles. The molecule has 4 aromatic heterocycles. The fourth-order valence-electron chi connectivity index (χ4n) is 5.04. The van der Waals surface area contributed by atoms with Gasteiger partial charge in [-0.3, -0.25) is 19.9 Å². The molecule has 2 aromatic carbocycles. The second-order valence-corrected chi connectivity index (χ2v) is 12.8. The monoisotopic (exact) mass is 615 g/mol. The summed E-state index contributed by atoms with van der Waals surface area (Å²) >= 11 is 0. The van der Waals surface area contributed by atoms with Crippen molar-refractivity contribution < 1.29 is 22.0 Å². The maximum atomic E-state index is 15.3. The number of carbonyl (C=O) groups is 1. The van der Waals surface area contributed by atoms with Crippen LogP contribution >= 0.6 is 0 Å². The third-order valence-electron chi connectivity index (χ3n) is 7.08. The smallest absolute Gasteiger partial charge is 0.224 e. The molecule has 0 aliphatic rings. The molecule has 0 spiro atoms. The van der Waals surface area contributed by atoms with Crippen molar-refractivity contribution in [1.82, 2.24) is 30.1 Å². The molecule has 0 unspecified atom stereocenters. The number of imidazole rings is 1. The molecule has 224 valence electrons. The largest absolute Gasteiger partial charge is 0.336 e. The molecule has 0 bridgehead atoms. The Labute approximate surface area is 250 Å². The predicted molar refractivity (Wildman–Crippen MR) is 165 cm³/mol. The normalized spacial score (nSPS) is 11.8. The predicted octanol–water partition coefficient (Wildman–Crippen LogP) is 5.83. The fraction of sp³-hybridized carbons (Fsp3) is 0.194. The van der Waals surface area contributed by atoms with E-state index in [9.17, 15) is 17.6 Å². The lowest BCUT2D eigenvalue weighted by Crippen LogP contribution is -2.10. The van der Waals surface area contributed by atoms with Crippen LogP contribution in [0, 0.1) is 11.6 Å². The third-order valence-corrected chi connectivity index (χ3v) is 8.02. The quantitative estimate of drug-likeness (QED) is 0.185. The molecule has 0 aliphatic carbocycles. The van der Waals surface area contributed by atoms with E-state index in [1.165, 1.54) is 30.6 Å². The van der Waals surface area contributed by atoms with E-state index in [4.69, 9.17) is 4.98 Å². The number of benzene rings is 2. The summed E-state index contributed by atoms with van der Waals surface area (Å²) in [6, 6.07) is 10.7. The zero-order valence-electron chi connectivity index (χ0n) is 23.8. The topological polar surface area (TPSA) is 146 Å². The summed E-state index contributed by atoms with van der Waals surface area (Å²) in [6.07, 6.45) is 6.94. The van der Waals surface area contributed by atoms with Gasteiger partial charge in [0, 0.05) is 53.2 Å². The van der Waals surface area contributed by atoms with Crippen molar-refractivity contribution in [3.05, 3.63) is 78.3 Å². The summed E-state index contributed by atoms with van der Waals surface area (Å²) in [5, 5.41) is 10.6. The lowest BCUT2D eigenvalue weighted by Gasteiger charge is -2.08. The highest BCUT2D eigenvalue weighted by molar-refractivity contribution is 7.90. The molecule has 13 heteroatoms. The lowest BCUT2D eigenvalue weighted by molar-refractivity contribution is -0.116. The van der Waals surface area contributed by atoms with Gasteiger partial charge in [0.1, 0.15) is 32.7 Å². The average molecular weight is 616 g/mol. The van der Waals surface area contributed by atoms with Crippen molar-refractivity contribution >= 4 is 43.4 Å². The molecule has 0 atom stereocenters. The SMILES string of the molecule is CCCC(=O)Nc1cncc(-c2cc3c(-c4nc5c(-c6cc(F)cc(CCS(C)(=O)=O)c6)nccc5[nH]4)n[nH]c3cc2F)c1. The minimum atomic E-state index is -3.23. The number of sulfone groups is 1. The van der Waals surface area contributed by atoms with Crippen LogP contribution in [0.3, 0.4) is 0 Å². The molecular formula is C31H27F2N7O3S. The van der Waals surface area contributed by atoms with Crippen LogP contribution < -0.4 is 5.32 Å². The van der Waals surface area contributed by atoms with E-state index >= 15 is 4.39 Å². The Morgan fingerprint density at radius 1 is 1.00 bits per heavy atom. The summed E-state index contributed by atoms with van der Waals surface area (Å²) < 4.78 is 53.2. The molecule has 6 rings (SSSR count). The van der Waals surface area contributed by atoms with Gasteiger partial charge in [-0.05, 0) is 54.8 Å². The summed E-state index contributed by atoms with van der Waals surface area (Å²) in [5.74, 6) is -0.896. The number of nitrogens with one attached hydrogen (secondary N) is 3. The van der Waals surface area contributed by atoms with Crippen molar-refractivity contribution in [2.24, 2.45) is 0 Å². The number of hydrogen-bond donors (Lipinski definition) is 3. The first-order valence-electron chi connectivity index (χ1n) is 13.8. The Bertz CT molecular complexity index is 2160. The average Bonchev–Trinajstić information content (AvgIpc) is 3.59. The summed E-state index contributed by atoms with van der Waals surface area (Å²) in [6.45, 7) is 1.91. The van der Waals surface area contributed by atoms with Crippen LogP contribution in [0.25, 0.3) is 55.8 Å². The lowest BCUT2D eigenvalue weighted by atomic mass is 10.0. The van der Waals surface area contributed by atoms with Crippen LogP contribution in [0.4, 0.5) is 14.5 Å². The first-order chi connectivity index (χ1) is 21.1. The molecule has 4 heterocycles. The van der Waals surface area contributed by atoms with Gasteiger partial charge in [0.15, 0.2) is 5.82 Å². The Kier molecular flexibility index (Phi) is 7.64. The van der Waals surface area contributed by atoms with Gasteiger partial charge >= 0.3 is 0 Å². The van der Waals surface area contributed by atoms with Gasteiger partial charge in [0.25, 0.3) is 0 Å². The van der Waals surface area contributed by atoms with Crippen molar-refractivity contribution in [2.75, 3.05) is 17.3 Å². The van der Waals surface area contributed by atoms with Crippen LogP contribution in [0.5, 0.6) is 0 Å². The van der Waals surface area contributed by atoms with E-state index < -0.39 is 21.5 Å². The van der Waals surface area contributed by atoms with Crippen LogP contribution in [-0.4, -0.2) is 56.5 Å². The van der Waals surface area contributed by atoms with Crippen LogP contribution in [0.15, 0.2) is 61.1 Å². The molecule has 0 aliphatic heterocycles. The Balaban J connectivity index is 1.39. The maximum Gasteiger partial charge on any atom is 0.224 e. The Morgan fingerprint density at radius 3 is 2.64 bits per heavy atom. The number of hydrogen-bond acceptors (Lipinski definition) is 7. The van der Waals surface area contributed by atoms with Crippen molar-refractivity contribution in [2.45, 2.75) is 26.2 Å². The standard InChI is InChI=1S/C31H27F2N7O3S/c1-3-4-27(41)36-21-12-19(15-34-16-21)22-13-23-26(14-24(22)33)39-40-29(23)31-37-25-5-7-35-28(30(25)38-31)18-9-17(10-20(32)11-18)6-8-44(2,42)43/h5,7,9-16H,3-4,6,8H2,1-2H3,(H,36,41)(H,37,38)(H,39,40). The molecule has 0 radical (unpaired) electrons. The molecule has 0 saturated carbocycles. The van der Waals surface area contributed by atoms with Gasteiger partial charge in [0.05, 0.1) is 34.4 Å². The molecule has 3 N–H and O–H groups in total. The highest BCUT2D eigenvalue weighted by atomic mass is 32.2. The van der Waals surface area contributed by atoms with Crippen LogP contribution in [0.2, 0.25) is 0 Å². The first-order valence-corrected chi connectivity index (χ1v) is 15.9. The minimum Gasteiger partial charge on any atom is -0.336 e. The maximum absolute atomic E-state index is 15.3. The van der Waals surface area contributed by atoms with Crippen molar-refractivity contribution in [3.8, 4) is 33.9 Å². The zero-order valence-corrected chi connectivity index (χ0v) is 24.6. The highest BCUT2D eigenvalue weighted by Gasteiger charge is 2.19. The van der Waals surface area contributed by atoms with E-state index in [1.807, 2.05) is 6.92 Å². The fourth-order valence-corrected chi connectivity index (χ4v) is 5.65. The zero-order chi connectivity index (χ0) is 31.0. The molecule has 6 aromatic rings. The van der Waals surface area contributed by atoms with E-state index in [0.29, 0.717) is 74.4 Å². The van der Waals surface area contributed by atoms with Crippen molar-refractivity contribution in [1.29, 1.82) is 0 Å². The van der Waals surface area contributed by atoms with Gasteiger partial charge in [-0.25, -0.2) is 22.2 Å². The van der Waals surface area contributed by atoms with Gasteiger partial charge in [-0.2, -0.15) is 5.10 Å². The molecule has 44 heavy (non-hydrogen) atoms. The number of aromatic nitrogens is 6. The molecule has 10 nitrogen and oxygen atoms in total. The van der Waals surface area contributed by atoms with E-state index in [1.54, 1.807) is 30.5 Å².